The Labute approximate surface area is 222 Å². The van der Waals surface area contributed by atoms with Crippen molar-refractivity contribution in [1.29, 1.82) is 0 Å². The molecule has 1 aliphatic rings. The van der Waals surface area contributed by atoms with Crippen molar-refractivity contribution in [3.05, 3.63) is 52.5 Å². The molecule has 202 valence electrons. The lowest BCUT2D eigenvalue weighted by Gasteiger charge is -2.21. The van der Waals surface area contributed by atoms with Crippen LogP contribution < -0.4 is 19.9 Å². The molecule has 0 spiro atoms. The third-order valence-corrected chi connectivity index (χ3v) is 6.28. The Morgan fingerprint density at radius 3 is 1.97 bits per heavy atom. The molecular weight excluding hydrogens is 510 g/mol. The van der Waals surface area contributed by atoms with Crippen molar-refractivity contribution in [2.45, 2.75) is 6.92 Å². The normalized spacial score (nSPS) is 12.7. The van der Waals surface area contributed by atoms with Gasteiger partial charge in [0.05, 0.1) is 52.5 Å². The Hall–Kier alpha value is -5.13. The number of rotatable bonds is 8. The number of ether oxygens (including phenoxy) is 5. The summed E-state index contributed by atoms with van der Waals surface area (Å²) in [5.74, 6) is -2.45. The molecule has 4 rings (SSSR count). The lowest BCUT2D eigenvalue weighted by molar-refractivity contribution is -0.114. The van der Waals surface area contributed by atoms with Crippen molar-refractivity contribution in [2.24, 2.45) is 0 Å². The molecule has 12 heteroatoms. The van der Waals surface area contributed by atoms with Gasteiger partial charge in [0.25, 0.3) is 11.6 Å². The maximum Gasteiger partial charge on any atom is 0.354 e. The highest BCUT2D eigenvalue weighted by molar-refractivity contribution is 6.51. The molecule has 0 fully saturated rings. The Kier molecular flexibility index (Phi) is 7.13. The number of hydrogen-bond acceptors (Lipinski definition) is 11. The Morgan fingerprint density at radius 1 is 0.769 bits per heavy atom. The van der Waals surface area contributed by atoms with Crippen molar-refractivity contribution >= 4 is 29.0 Å². The molecule has 3 aromatic rings. The number of carboxylic acid groups (broad SMARTS) is 1. The van der Waals surface area contributed by atoms with Gasteiger partial charge in [-0.1, -0.05) is 0 Å². The van der Waals surface area contributed by atoms with Gasteiger partial charge in [-0.3, -0.25) is 9.59 Å². The van der Waals surface area contributed by atoms with E-state index in [1.54, 1.807) is 19.1 Å². The predicted molar refractivity (Wildman–Crippen MR) is 139 cm³/mol. The summed E-state index contributed by atoms with van der Waals surface area (Å²) in [6.45, 7) is 1.56. The molecule has 12 nitrogen and oxygen atoms in total. The van der Waals surface area contributed by atoms with Gasteiger partial charge in [-0.2, -0.15) is 0 Å². The summed E-state index contributed by atoms with van der Waals surface area (Å²) >= 11 is 0. The van der Waals surface area contributed by atoms with E-state index in [0.717, 1.165) is 0 Å². The largest absolute Gasteiger partial charge is 0.493 e. The summed E-state index contributed by atoms with van der Waals surface area (Å²) in [7, 11) is 6.91. The number of allylic oxidation sites excluding steroid dienone is 1. The first-order chi connectivity index (χ1) is 18.6. The molecule has 39 heavy (non-hydrogen) atoms. The molecule has 0 saturated carbocycles. The number of methoxy groups -OCH3 is 5. The first-order valence-electron chi connectivity index (χ1n) is 11.4. The van der Waals surface area contributed by atoms with Crippen LogP contribution in [0.25, 0.3) is 28.3 Å². The second-order valence-electron chi connectivity index (χ2n) is 8.23. The van der Waals surface area contributed by atoms with Gasteiger partial charge < -0.3 is 34.5 Å². The van der Waals surface area contributed by atoms with Crippen LogP contribution in [-0.4, -0.2) is 68.2 Å². The maximum atomic E-state index is 12.9. The number of hydrogen-bond donors (Lipinski definition) is 2. The molecule has 0 atom stereocenters. The number of ketones is 2. The number of Topliss-reactive ketones (excluding diaryl/α,β-unsaturated/α-hetero) is 2. The van der Waals surface area contributed by atoms with Crippen LogP contribution in [0.15, 0.2) is 30.0 Å². The fourth-order valence-corrected chi connectivity index (χ4v) is 4.51. The summed E-state index contributed by atoms with van der Waals surface area (Å²) in [5, 5.41) is 9.97. The van der Waals surface area contributed by atoms with E-state index in [9.17, 15) is 19.5 Å². The van der Waals surface area contributed by atoms with Gasteiger partial charge in [-0.25, -0.2) is 14.8 Å². The first-order valence-corrected chi connectivity index (χ1v) is 11.4. The standard InChI is InChI=1S/C27H25N3O9/c1-11-16(12-8-10-15(35-2)25(38-5)23(12)36-3)17(28)20(30-18(11)27(33)34)14-9-7-13-19(29-14)21(31)22(32)26(39-6)24(13)37-4/h7-10H,28H2,1-6H3,(H,33,34). The van der Waals surface area contributed by atoms with E-state index in [2.05, 4.69) is 9.97 Å². The predicted octanol–water partition coefficient (Wildman–Crippen LogP) is 3.15. The minimum absolute atomic E-state index is 0.0200. The van der Waals surface area contributed by atoms with Crippen LogP contribution in [0.3, 0.4) is 0 Å². The average molecular weight is 536 g/mol. The van der Waals surface area contributed by atoms with Crippen molar-refractivity contribution in [3.8, 4) is 39.8 Å². The van der Waals surface area contributed by atoms with Gasteiger partial charge in [-0.05, 0) is 36.8 Å². The fourth-order valence-electron chi connectivity index (χ4n) is 4.51. The number of nitrogens with two attached hydrogens (primary N) is 1. The van der Waals surface area contributed by atoms with E-state index in [0.29, 0.717) is 16.9 Å². The number of aromatic nitrogens is 2. The Morgan fingerprint density at radius 2 is 1.41 bits per heavy atom. The van der Waals surface area contributed by atoms with Crippen LogP contribution >= 0.6 is 0 Å². The molecule has 2 aromatic heterocycles. The third kappa shape index (κ3) is 4.15. The smallest absolute Gasteiger partial charge is 0.354 e. The van der Waals surface area contributed by atoms with E-state index in [4.69, 9.17) is 29.4 Å². The van der Waals surface area contributed by atoms with Gasteiger partial charge >= 0.3 is 5.97 Å². The van der Waals surface area contributed by atoms with Gasteiger partial charge in [0, 0.05) is 11.1 Å². The molecule has 2 heterocycles. The van der Waals surface area contributed by atoms with Crippen LogP contribution in [0.4, 0.5) is 5.69 Å². The first kappa shape index (κ1) is 26.9. The van der Waals surface area contributed by atoms with Crippen molar-refractivity contribution in [2.75, 3.05) is 41.3 Å². The molecular formula is C27H25N3O9. The summed E-state index contributed by atoms with van der Waals surface area (Å²) in [6, 6.07) is 6.27. The van der Waals surface area contributed by atoms with Crippen molar-refractivity contribution in [3.63, 3.8) is 0 Å². The summed E-state index contributed by atoms with van der Waals surface area (Å²) in [6.07, 6.45) is 0. The lowest BCUT2D eigenvalue weighted by Crippen LogP contribution is -2.27. The van der Waals surface area contributed by atoms with Crippen molar-refractivity contribution in [1.82, 2.24) is 9.97 Å². The molecule has 0 amide bonds. The van der Waals surface area contributed by atoms with E-state index >= 15 is 0 Å². The van der Waals surface area contributed by atoms with Crippen LogP contribution in [0, 0.1) is 6.92 Å². The number of anilines is 1. The number of nitrogen functional groups attached to an aromatic ring is 1. The summed E-state index contributed by atoms with van der Waals surface area (Å²) in [5.41, 5.74) is 7.40. The van der Waals surface area contributed by atoms with E-state index in [1.165, 1.54) is 47.7 Å². The minimum Gasteiger partial charge on any atom is -0.493 e. The highest BCUT2D eigenvalue weighted by Crippen LogP contribution is 2.48. The molecule has 0 aliphatic heterocycles. The number of pyridine rings is 2. The quantitative estimate of drug-likeness (QED) is 0.405. The number of benzene rings is 1. The highest BCUT2D eigenvalue weighted by Gasteiger charge is 2.37. The average Bonchev–Trinajstić information content (AvgIpc) is 2.93. The fraction of sp³-hybridized carbons (Fsp3) is 0.222. The number of nitrogens with zero attached hydrogens (tertiary/aromatic N) is 2. The molecule has 0 unspecified atom stereocenters. The second-order valence-corrected chi connectivity index (χ2v) is 8.23. The summed E-state index contributed by atoms with van der Waals surface area (Å²) < 4.78 is 26.8. The minimum atomic E-state index is -1.31. The van der Waals surface area contributed by atoms with Gasteiger partial charge in [0.15, 0.2) is 23.0 Å². The van der Waals surface area contributed by atoms with Gasteiger partial charge in [-0.15, -0.1) is 0 Å². The van der Waals surface area contributed by atoms with Crippen molar-refractivity contribution < 1.29 is 43.2 Å². The Bertz CT molecular complexity index is 1580. The Balaban J connectivity index is 2.04. The number of fused-ring (bicyclic) bond motifs is 1. The van der Waals surface area contributed by atoms with Crippen LogP contribution in [0.2, 0.25) is 0 Å². The maximum absolute atomic E-state index is 12.9. The van der Waals surface area contributed by atoms with E-state index in [-0.39, 0.29) is 62.6 Å². The van der Waals surface area contributed by atoms with E-state index < -0.39 is 17.5 Å². The molecule has 0 radical (unpaired) electrons. The van der Waals surface area contributed by atoms with Crippen LogP contribution in [0.5, 0.6) is 17.2 Å². The topological polar surface area (TPSA) is 169 Å². The van der Waals surface area contributed by atoms with Gasteiger partial charge in [0.1, 0.15) is 11.4 Å². The van der Waals surface area contributed by atoms with E-state index in [1.807, 2.05) is 0 Å². The third-order valence-electron chi connectivity index (χ3n) is 6.28. The lowest BCUT2D eigenvalue weighted by atomic mass is 9.93. The number of aromatic carboxylic acids is 1. The highest BCUT2D eigenvalue weighted by atomic mass is 16.5. The molecule has 0 saturated heterocycles. The van der Waals surface area contributed by atoms with Crippen LogP contribution in [-0.2, 0) is 14.3 Å². The molecule has 1 aliphatic carbocycles. The summed E-state index contributed by atoms with van der Waals surface area (Å²) in [4.78, 5) is 46.3. The monoisotopic (exact) mass is 535 g/mol. The SMILES string of the molecule is COC1=C(OC)c2ccc(-c3nc(C(=O)O)c(C)c(-c4ccc(OC)c(OC)c4OC)c3N)nc2C(=O)C1=O. The molecule has 3 N–H and O–H groups in total. The number of carboxylic acids is 1. The number of carbonyl (C=O) groups is 3. The zero-order valence-electron chi connectivity index (χ0n) is 22.0. The second kappa shape index (κ2) is 10.3. The van der Waals surface area contributed by atoms with Gasteiger partial charge in [0.2, 0.25) is 11.5 Å². The number of carbonyl (C=O) groups excluding carboxylic acids is 2. The zero-order valence-corrected chi connectivity index (χ0v) is 22.0. The zero-order chi connectivity index (χ0) is 28.6. The molecule has 0 bridgehead atoms. The molecule has 1 aromatic carbocycles. The van der Waals surface area contributed by atoms with Crippen LogP contribution in [0.1, 0.15) is 32.1 Å².